The van der Waals surface area contributed by atoms with Crippen LogP contribution in [0.3, 0.4) is 0 Å². The molecule has 7 heteroatoms. The molecule has 1 unspecified atom stereocenters. The van der Waals surface area contributed by atoms with Crippen LogP contribution < -0.4 is 4.90 Å². The molecule has 172 valence electrons. The van der Waals surface area contributed by atoms with Crippen LogP contribution in [0.25, 0.3) is 11.1 Å². The van der Waals surface area contributed by atoms with Gasteiger partial charge in [0.05, 0.1) is 17.2 Å². The minimum absolute atomic E-state index is 0.00939. The number of carboxylic acid groups (broad SMARTS) is 1. The van der Waals surface area contributed by atoms with Gasteiger partial charge < -0.3 is 15.1 Å². The zero-order valence-corrected chi connectivity index (χ0v) is 17.8. The van der Waals surface area contributed by atoms with E-state index in [2.05, 4.69) is 4.90 Å². The Bertz CT molecular complexity index is 1100. The van der Waals surface area contributed by atoms with E-state index in [1.807, 2.05) is 24.3 Å². The first-order valence-corrected chi connectivity index (χ1v) is 10.8. The summed E-state index contributed by atoms with van der Waals surface area (Å²) < 4.78 is 38.7. The number of alkyl halides is 3. The topological polar surface area (TPSA) is 60.8 Å². The molecule has 3 aromatic carbocycles. The second kappa shape index (κ2) is 9.27. The molecule has 0 aromatic heterocycles. The van der Waals surface area contributed by atoms with E-state index in [0.717, 1.165) is 49.3 Å². The first-order chi connectivity index (χ1) is 15.7. The number of halogens is 3. The van der Waals surface area contributed by atoms with E-state index in [9.17, 15) is 23.1 Å². The molecule has 1 fully saturated rings. The van der Waals surface area contributed by atoms with Crippen molar-refractivity contribution in [2.24, 2.45) is 5.92 Å². The first kappa shape index (κ1) is 22.9. The third-order valence-electron chi connectivity index (χ3n) is 6.27. The van der Waals surface area contributed by atoms with Crippen molar-refractivity contribution >= 4 is 11.7 Å². The number of hydrogen-bond acceptors (Lipinski definition) is 3. The molecular weight excluding hydrogens is 431 g/mol. The van der Waals surface area contributed by atoms with Gasteiger partial charge in [-0.05, 0) is 71.8 Å². The lowest BCUT2D eigenvalue weighted by atomic mass is 9.84. The van der Waals surface area contributed by atoms with Crippen LogP contribution in [-0.2, 0) is 6.18 Å². The zero-order chi connectivity index (χ0) is 23.6. The van der Waals surface area contributed by atoms with Gasteiger partial charge >= 0.3 is 12.1 Å². The minimum atomic E-state index is -4.39. The normalized spacial score (nSPS) is 15.9. The molecule has 1 heterocycles. The number of piperidine rings is 1. The van der Waals surface area contributed by atoms with E-state index < -0.39 is 23.8 Å². The first-order valence-electron chi connectivity index (χ1n) is 10.8. The van der Waals surface area contributed by atoms with Gasteiger partial charge in [0.2, 0.25) is 0 Å². The fraction of sp³-hybridized carbons (Fsp3) is 0.269. The summed E-state index contributed by atoms with van der Waals surface area (Å²) in [5, 5.41) is 20.2. The molecule has 3 aromatic rings. The van der Waals surface area contributed by atoms with Gasteiger partial charge in [-0.2, -0.15) is 13.2 Å². The number of carbonyl (C=O) groups is 1. The van der Waals surface area contributed by atoms with Crippen molar-refractivity contribution < 1.29 is 28.2 Å². The Morgan fingerprint density at radius 1 is 0.909 bits per heavy atom. The number of anilines is 1. The predicted molar refractivity (Wildman–Crippen MR) is 120 cm³/mol. The Kier molecular flexibility index (Phi) is 6.42. The van der Waals surface area contributed by atoms with Crippen LogP contribution >= 0.6 is 0 Å². The highest BCUT2D eigenvalue weighted by molar-refractivity contribution is 5.88. The average molecular weight is 455 g/mol. The lowest BCUT2D eigenvalue weighted by Gasteiger charge is -2.36. The van der Waals surface area contributed by atoms with Gasteiger partial charge in [-0.1, -0.05) is 36.4 Å². The van der Waals surface area contributed by atoms with E-state index in [0.29, 0.717) is 11.1 Å². The zero-order valence-electron chi connectivity index (χ0n) is 17.8. The lowest BCUT2D eigenvalue weighted by molar-refractivity contribution is -0.137. The van der Waals surface area contributed by atoms with Crippen LogP contribution in [0, 0.1) is 5.92 Å². The summed E-state index contributed by atoms with van der Waals surface area (Å²) in [6.45, 7) is 1.44. The number of rotatable bonds is 5. The Hall–Kier alpha value is -3.32. The monoisotopic (exact) mass is 455 g/mol. The van der Waals surface area contributed by atoms with Crippen molar-refractivity contribution in [2.45, 2.75) is 25.1 Å². The van der Waals surface area contributed by atoms with E-state index in [1.165, 1.54) is 12.1 Å². The average Bonchev–Trinajstić information content (AvgIpc) is 2.83. The van der Waals surface area contributed by atoms with Gasteiger partial charge in [-0.15, -0.1) is 0 Å². The Morgan fingerprint density at radius 3 is 2.09 bits per heavy atom. The van der Waals surface area contributed by atoms with Crippen molar-refractivity contribution in [3.63, 3.8) is 0 Å². The minimum Gasteiger partial charge on any atom is -0.478 e. The molecular formula is C26H24F3NO3. The second-order valence-corrected chi connectivity index (χ2v) is 8.28. The highest BCUT2D eigenvalue weighted by Crippen LogP contribution is 2.38. The van der Waals surface area contributed by atoms with Gasteiger partial charge in [-0.25, -0.2) is 4.79 Å². The summed E-state index contributed by atoms with van der Waals surface area (Å²) >= 11 is 0. The predicted octanol–water partition coefficient (Wildman–Crippen LogP) is 6.02. The molecule has 4 nitrogen and oxygen atoms in total. The van der Waals surface area contributed by atoms with Gasteiger partial charge in [0.25, 0.3) is 0 Å². The molecule has 0 saturated carbocycles. The van der Waals surface area contributed by atoms with E-state index in [4.69, 9.17) is 5.11 Å². The highest BCUT2D eigenvalue weighted by atomic mass is 19.4. The van der Waals surface area contributed by atoms with Crippen molar-refractivity contribution in [2.75, 3.05) is 18.0 Å². The molecule has 4 rings (SSSR count). The summed E-state index contributed by atoms with van der Waals surface area (Å²) in [5.74, 6) is -0.953. The molecule has 0 amide bonds. The maximum absolute atomic E-state index is 12.9. The van der Waals surface area contributed by atoms with Gasteiger partial charge in [-0.3, -0.25) is 0 Å². The molecule has 0 aliphatic carbocycles. The van der Waals surface area contributed by atoms with E-state index in [1.54, 1.807) is 24.3 Å². The molecule has 0 bridgehead atoms. The van der Waals surface area contributed by atoms with Crippen LogP contribution in [0.15, 0.2) is 72.8 Å². The number of benzene rings is 3. The van der Waals surface area contributed by atoms with Crippen LogP contribution in [-0.4, -0.2) is 29.3 Å². The summed E-state index contributed by atoms with van der Waals surface area (Å²) in [4.78, 5) is 13.2. The molecule has 1 aliphatic heterocycles. The third-order valence-corrected chi connectivity index (χ3v) is 6.27. The molecule has 0 radical (unpaired) electrons. The number of nitrogens with zero attached hydrogens (tertiary/aromatic N) is 1. The molecule has 1 saturated heterocycles. The number of aliphatic hydroxyl groups is 1. The number of hydrogen-bond donors (Lipinski definition) is 2. The molecule has 1 aliphatic rings. The van der Waals surface area contributed by atoms with Crippen molar-refractivity contribution in [3.05, 3.63) is 89.5 Å². The summed E-state index contributed by atoms with van der Waals surface area (Å²) in [7, 11) is 0. The fourth-order valence-corrected chi connectivity index (χ4v) is 4.40. The summed E-state index contributed by atoms with van der Waals surface area (Å²) in [5.41, 5.74) is 2.55. The van der Waals surface area contributed by atoms with Crippen LogP contribution in [0.1, 0.15) is 40.4 Å². The van der Waals surface area contributed by atoms with Crippen LogP contribution in [0.4, 0.5) is 18.9 Å². The van der Waals surface area contributed by atoms with E-state index >= 15 is 0 Å². The van der Waals surface area contributed by atoms with Crippen molar-refractivity contribution in [1.82, 2.24) is 0 Å². The SMILES string of the molecule is O=C(O)c1ccc(N2CCC(C(O)c3ccccc3-c3ccc(C(F)(F)F)cc3)CC2)cc1. The van der Waals surface area contributed by atoms with Gasteiger partial charge in [0, 0.05) is 18.8 Å². The number of carboxylic acids is 1. The fourth-order valence-electron chi connectivity index (χ4n) is 4.40. The maximum atomic E-state index is 12.9. The second-order valence-electron chi connectivity index (χ2n) is 8.28. The molecule has 2 N–H and O–H groups in total. The smallest absolute Gasteiger partial charge is 0.416 e. The summed E-state index contributed by atoms with van der Waals surface area (Å²) in [6, 6.07) is 19.0. The van der Waals surface area contributed by atoms with Crippen molar-refractivity contribution in [1.29, 1.82) is 0 Å². The van der Waals surface area contributed by atoms with Crippen molar-refractivity contribution in [3.8, 4) is 11.1 Å². The van der Waals surface area contributed by atoms with Gasteiger partial charge in [0.15, 0.2) is 0 Å². The standard InChI is InChI=1S/C26H24F3NO3/c27-26(28,29)20-9-5-17(6-10-20)22-3-1-2-4-23(22)24(31)18-13-15-30(16-14-18)21-11-7-19(8-12-21)25(32)33/h1-12,18,24,31H,13-16H2,(H,32,33). The van der Waals surface area contributed by atoms with E-state index in [-0.39, 0.29) is 11.5 Å². The van der Waals surface area contributed by atoms with Crippen LogP contribution in [0.2, 0.25) is 0 Å². The Balaban J connectivity index is 1.47. The van der Waals surface area contributed by atoms with Gasteiger partial charge in [0.1, 0.15) is 0 Å². The molecule has 0 spiro atoms. The Labute approximate surface area is 189 Å². The molecule has 1 atom stereocenters. The molecule has 33 heavy (non-hydrogen) atoms. The van der Waals surface area contributed by atoms with Crippen LogP contribution in [0.5, 0.6) is 0 Å². The maximum Gasteiger partial charge on any atom is 0.416 e. The number of aromatic carboxylic acids is 1. The summed E-state index contributed by atoms with van der Waals surface area (Å²) in [6.07, 6.45) is -3.65. The quantitative estimate of drug-likeness (QED) is 0.494. The largest absolute Gasteiger partial charge is 0.478 e. The third kappa shape index (κ3) is 5.03. The lowest BCUT2D eigenvalue weighted by Crippen LogP contribution is -2.35. The number of aliphatic hydroxyl groups excluding tert-OH is 1. The Morgan fingerprint density at radius 2 is 1.52 bits per heavy atom. The highest BCUT2D eigenvalue weighted by Gasteiger charge is 2.31.